The van der Waals surface area contributed by atoms with Gasteiger partial charge in [0.2, 0.25) is 10.0 Å². The van der Waals surface area contributed by atoms with Crippen molar-refractivity contribution in [1.29, 1.82) is 0 Å². The minimum atomic E-state index is -3.43. The molecule has 0 saturated carbocycles. The topological polar surface area (TPSA) is 94.1 Å². The first-order chi connectivity index (χ1) is 8.46. The highest BCUT2D eigenvalue weighted by atomic mass is 32.2. The summed E-state index contributed by atoms with van der Waals surface area (Å²) in [6.07, 6.45) is 4.73. The first-order valence-electron chi connectivity index (χ1n) is 6.04. The molecule has 2 N–H and O–H groups in total. The summed E-state index contributed by atoms with van der Waals surface area (Å²) in [6, 6.07) is 0.00338. The lowest BCUT2D eigenvalue weighted by molar-refractivity contribution is 0.150. The van der Waals surface area contributed by atoms with E-state index in [1.165, 1.54) is 0 Å². The van der Waals surface area contributed by atoms with Crippen LogP contribution in [0.25, 0.3) is 0 Å². The fourth-order valence-electron chi connectivity index (χ4n) is 2.39. The monoisotopic (exact) mass is 273 g/mol. The van der Waals surface area contributed by atoms with Crippen LogP contribution >= 0.6 is 0 Å². The average molecular weight is 273 g/mol. The molecule has 1 saturated heterocycles. The van der Waals surface area contributed by atoms with Crippen LogP contribution in [0.15, 0.2) is 6.20 Å². The number of nitrogens with two attached hydrogens (primary N) is 1. The van der Waals surface area contributed by atoms with E-state index in [1.54, 1.807) is 10.9 Å². The molecule has 0 spiro atoms. The van der Waals surface area contributed by atoms with E-state index in [4.69, 9.17) is 5.14 Å². The SMILES string of the molecule is Cn1nncc1CN1CCCCC1CS(N)(=O)=O. The molecule has 1 aromatic heterocycles. The fourth-order valence-corrected chi connectivity index (χ4v) is 3.30. The Morgan fingerprint density at radius 3 is 2.89 bits per heavy atom. The molecule has 0 aromatic carbocycles. The first-order valence-corrected chi connectivity index (χ1v) is 7.75. The van der Waals surface area contributed by atoms with Crippen LogP contribution in [0.5, 0.6) is 0 Å². The molecule has 1 aliphatic rings. The standard InChI is InChI=1S/C10H19N5O2S/c1-14-10(6-12-13-14)7-15-5-3-2-4-9(15)8-18(11,16)17/h6,9H,2-5,7-8H2,1H3,(H2,11,16,17). The van der Waals surface area contributed by atoms with E-state index >= 15 is 0 Å². The number of aromatic nitrogens is 3. The summed E-state index contributed by atoms with van der Waals surface area (Å²) >= 11 is 0. The van der Waals surface area contributed by atoms with E-state index in [0.717, 1.165) is 31.5 Å². The maximum absolute atomic E-state index is 11.2. The van der Waals surface area contributed by atoms with E-state index in [1.807, 2.05) is 7.05 Å². The molecule has 0 radical (unpaired) electrons. The molecule has 0 bridgehead atoms. The molecule has 8 heteroatoms. The Morgan fingerprint density at radius 1 is 1.50 bits per heavy atom. The van der Waals surface area contributed by atoms with Crippen LogP contribution in [0.1, 0.15) is 25.0 Å². The molecule has 2 rings (SSSR count). The fraction of sp³-hybridized carbons (Fsp3) is 0.800. The lowest BCUT2D eigenvalue weighted by Crippen LogP contribution is -2.44. The lowest BCUT2D eigenvalue weighted by atomic mass is 10.0. The molecule has 0 amide bonds. The van der Waals surface area contributed by atoms with E-state index in [2.05, 4.69) is 15.2 Å². The predicted molar refractivity (Wildman–Crippen MR) is 67.0 cm³/mol. The number of hydrogen-bond donors (Lipinski definition) is 1. The third-order valence-electron chi connectivity index (χ3n) is 3.35. The summed E-state index contributed by atoms with van der Waals surface area (Å²) in [5.41, 5.74) is 0.983. The quantitative estimate of drug-likeness (QED) is 0.795. The summed E-state index contributed by atoms with van der Waals surface area (Å²) in [4.78, 5) is 2.16. The molecule has 0 aliphatic carbocycles. The van der Waals surface area contributed by atoms with E-state index < -0.39 is 10.0 Å². The molecule has 1 atom stereocenters. The maximum Gasteiger partial charge on any atom is 0.210 e. The Labute approximate surface area is 107 Å². The van der Waals surface area contributed by atoms with Gasteiger partial charge in [0.1, 0.15) is 0 Å². The van der Waals surface area contributed by atoms with Gasteiger partial charge in [-0.25, -0.2) is 13.6 Å². The van der Waals surface area contributed by atoms with Crippen molar-refractivity contribution in [2.75, 3.05) is 12.3 Å². The van der Waals surface area contributed by atoms with Crippen molar-refractivity contribution in [1.82, 2.24) is 19.9 Å². The second-order valence-electron chi connectivity index (χ2n) is 4.80. The minimum absolute atomic E-state index is 0.00338. The van der Waals surface area contributed by atoms with E-state index in [0.29, 0.717) is 6.54 Å². The van der Waals surface area contributed by atoms with Crippen LogP contribution in [-0.4, -0.2) is 46.7 Å². The van der Waals surface area contributed by atoms with Gasteiger partial charge in [0.15, 0.2) is 0 Å². The third-order valence-corrected chi connectivity index (χ3v) is 4.20. The number of aryl methyl sites for hydroxylation is 1. The largest absolute Gasteiger partial charge is 0.293 e. The number of hydrogen-bond acceptors (Lipinski definition) is 5. The van der Waals surface area contributed by atoms with Crippen molar-refractivity contribution in [3.05, 3.63) is 11.9 Å². The molecular weight excluding hydrogens is 254 g/mol. The van der Waals surface area contributed by atoms with Gasteiger partial charge in [-0.2, -0.15) is 0 Å². The molecule has 2 heterocycles. The highest BCUT2D eigenvalue weighted by Gasteiger charge is 2.26. The van der Waals surface area contributed by atoms with Gasteiger partial charge in [-0.1, -0.05) is 11.6 Å². The zero-order valence-corrected chi connectivity index (χ0v) is 11.3. The molecule has 7 nitrogen and oxygen atoms in total. The van der Waals surface area contributed by atoms with Gasteiger partial charge in [-0.3, -0.25) is 9.58 Å². The Morgan fingerprint density at radius 2 is 2.28 bits per heavy atom. The smallest absolute Gasteiger partial charge is 0.210 e. The summed E-state index contributed by atoms with van der Waals surface area (Å²) in [6.45, 7) is 1.56. The van der Waals surface area contributed by atoms with Crippen LogP contribution in [0.2, 0.25) is 0 Å². The number of nitrogens with zero attached hydrogens (tertiary/aromatic N) is 4. The number of rotatable bonds is 4. The highest BCUT2D eigenvalue weighted by molar-refractivity contribution is 7.89. The van der Waals surface area contributed by atoms with E-state index in [9.17, 15) is 8.42 Å². The Hall–Kier alpha value is -0.990. The molecule has 102 valence electrons. The number of primary sulfonamides is 1. The number of sulfonamides is 1. The normalized spacial score (nSPS) is 22.2. The Bertz CT molecular complexity index is 498. The molecule has 18 heavy (non-hydrogen) atoms. The van der Waals surface area contributed by atoms with Crippen LogP contribution < -0.4 is 5.14 Å². The van der Waals surface area contributed by atoms with Gasteiger partial charge in [0.05, 0.1) is 17.6 Å². The molecule has 1 aliphatic heterocycles. The van der Waals surface area contributed by atoms with E-state index in [-0.39, 0.29) is 11.8 Å². The zero-order chi connectivity index (χ0) is 13.2. The Kier molecular flexibility index (Phi) is 3.98. The number of piperidine rings is 1. The summed E-state index contributed by atoms with van der Waals surface area (Å²) in [5, 5.41) is 12.9. The van der Waals surface area contributed by atoms with Crippen LogP contribution in [0, 0.1) is 0 Å². The third kappa shape index (κ3) is 3.50. The average Bonchev–Trinajstić information content (AvgIpc) is 2.65. The van der Waals surface area contributed by atoms with Gasteiger partial charge >= 0.3 is 0 Å². The molecule has 1 fully saturated rings. The predicted octanol–water partition coefficient (Wildman–Crippen LogP) is -0.542. The molecule has 1 aromatic rings. The van der Waals surface area contributed by atoms with Gasteiger partial charge in [-0.15, -0.1) is 5.10 Å². The van der Waals surface area contributed by atoms with Gasteiger partial charge in [-0.05, 0) is 19.4 Å². The Balaban J connectivity index is 2.06. The minimum Gasteiger partial charge on any atom is -0.293 e. The summed E-state index contributed by atoms with van der Waals surface area (Å²) in [5.74, 6) is 0.0261. The van der Waals surface area contributed by atoms with Crippen molar-refractivity contribution >= 4 is 10.0 Å². The second kappa shape index (κ2) is 5.33. The second-order valence-corrected chi connectivity index (χ2v) is 6.46. The highest BCUT2D eigenvalue weighted by Crippen LogP contribution is 2.20. The van der Waals surface area contributed by atoms with Gasteiger partial charge in [0, 0.05) is 19.6 Å². The zero-order valence-electron chi connectivity index (χ0n) is 10.5. The van der Waals surface area contributed by atoms with Crippen LogP contribution in [0.3, 0.4) is 0 Å². The summed E-state index contributed by atoms with van der Waals surface area (Å²) in [7, 11) is -1.59. The van der Waals surface area contributed by atoms with Crippen molar-refractivity contribution in [3.63, 3.8) is 0 Å². The summed E-state index contributed by atoms with van der Waals surface area (Å²) < 4.78 is 24.2. The number of likely N-dealkylation sites (tertiary alicyclic amines) is 1. The van der Waals surface area contributed by atoms with Gasteiger partial charge < -0.3 is 0 Å². The van der Waals surface area contributed by atoms with Gasteiger partial charge in [0.25, 0.3) is 0 Å². The van der Waals surface area contributed by atoms with Crippen LogP contribution in [0.4, 0.5) is 0 Å². The first kappa shape index (κ1) is 13.4. The van der Waals surface area contributed by atoms with Crippen molar-refractivity contribution < 1.29 is 8.42 Å². The van der Waals surface area contributed by atoms with Crippen molar-refractivity contribution in [2.24, 2.45) is 12.2 Å². The molecule has 1 unspecified atom stereocenters. The maximum atomic E-state index is 11.2. The molecular formula is C10H19N5O2S. The lowest BCUT2D eigenvalue weighted by Gasteiger charge is -2.34. The van der Waals surface area contributed by atoms with Crippen molar-refractivity contribution in [2.45, 2.75) is 31.8 Å². The van der Waals surface area contributed by atoms with Crippen LogP contribution in [-0.2, 0) is 23.6 Å². The van der Waals surface area contributed by atoms with Crippen molar-refractivity contribution in [3.8, 4) is 0 Å².